The molecule has 2 heterocycles. The van der Waals surface area contributed by atoms with Crippen LogP contribution in [0.25, 0.3) is 5.65 Å². The number of nitrogens with zero attached hydrogens (tertiary/aromatic N) is 3. The summed E-state index contributed by atoms with van der Waals surface area (Å²) in [5.41, 5.74) is 1.32. The molecule has 0 spiro atoms. The van der Waals surface area contributed by atoms with Gasteiger partial charge in [0.05, 0.1) is 6.20 Å². The highest BCUT2D eigenvalue weighted by molar-refractivity contribution is 6.00. The van der Waals surface area contributed by atoms with Gasteiger partial charge in [0.1, 0.15) is 17.1 Å². The molecule has 0 radical (unpaired) electrons. The van der Waals surface area contributed by atoms with Gasteiger partial charge in [0.25, 0.3) is 5.91 Å². The highest BCUT2D eigenvalue weighted by Crippen LogP contribution is 2.18. The molecule has 1 amide bonds. The maximum Gasteiger partial charge on any atom is 0.257 e. The van der Waals surface area contributed by atoms with E-state index in [0.717, 1.165) is 5.56 Å². The van der Waals surface area contributed by atoms with Gasteiger partial charge in [-0.3, -0.25) is 4.79 Å². The Balaban J connectivity index is 1.83. The molecule has 3 aromatic rings. The number of carbonyl (C=O) groups excluding carboxylic acids is 1. The molecule has 1 aromatic carbocycles. The minimum atomic E-state index is -0.341. The fraction of sp³-hybridized carbons (Fsp3) is 0.278. The molecular formula is C18H21N5O2. The molecule has 7 heteroatoms. The van der Waals surface area contributed by atoms with E-state index in [0.29, 0.717) is 23.6 Å². The number of aromatic hydroxyl groups is 1. The first-order valence-electron chi connectivity index (χ1n) is 8.01. The van der Waals surface area contributed by atoms with Crippen LogP contribution in [0.1, 0.15) is 36.7 Å². The van der Waals surface area contributed by atoms with Crippen LogP contribution in [-0.4, -0.2) is 31.2 Å². The number of carbonyl (C=O) groups is 1. The number of aromatic nitrogens is 3. The number of hydrogen-bond donors (Lipinski definition) is 3. The van der Waals surface area contributed by atoms with Crippen molar-refractivity contribution in [1.82, 2.24) is 19.9 Å². The molecule has 0 unspecified atom stereocenters. The molecule has 0 bridgehead atoms. The summed E-state index contributed by atoms with van der Waals surface area (Å²) in [7, 11) is 0. The zero-order chi connectivity index (χ0) is 18.0. The average Bonchev–Trinajstić information content (AvgIpc) is 2.96. The van der Waals surface area contributed by atoms with Gasteiger partial charge in [-0.1, -0.05) is 18.2 Å². The lowest BCUT2D eigenvalue weighted by Crippen LogP contribution is -2.40. The molecule has 0 aliphatic carbocycles. The van der Waals surface area contributed by atoms with Crippen LogP contribution in [0.5, 0.6) is 5.75 Å². The number of rotatable bonds is 4. The molecule has 2 aromatic heterocycles. The molecule has 0 aliphatic heterocycles. The van der Waals surface area contributed by atoms with Crippen molar-refractivity contribution in [2.24, 2.45) is 0 Å². The van der Waals surface area contributed by atoms with E-state index in [2.05, 4.69) is 20.7 Å². The van der Waals surface area contributed by atoms with E-state index in [1.807, 2.05) is 32.9 Å². The number of anilines is 1. The number of nitrogens with one attached hydrogen (secondary N) is 2. The quantitative estimate of drug-likeness (QED) is 0.679. The summed E-state index contributed by atoms with van der Waals surface area (Å²) in [5.74, 6) is 0.611. The second-order valence-electron chi connectivity index (χ2n) is 6.83. The van der Waals surface area contributed by atoms with Crippen molar-refractivity contribution < 1.29 is 9.90 Å². The van der Waals surface area contributed by atoms with Crippen molar-refractivity contribution >= 4 is 17.4 Å². The Morgan fingerprint density at radius 3 is 2.72 bits per heavy atom. The number of benzene rings is 1. The first-order valence-corrected chi connectivity index (χ1v) is 8.01. The second kappa shape index (κ2) is 6.43. The molecule has 0 saturated heterocycles. The molecule has 0 atom stereocenters. The highest BCUT2D eigenvalue weighted by Gasteiger charge is 2.19. The zero-order valence-electron chi connectivity index (χ0n) is 14.4. The van der Waals surface area contributed by atoms with Crippen LogP contribution in [0.4, 0.5) is 5.82 Å². The largest absolute Gasteiger partial charge is 0.508 e. The summed E-state index contributed by atoms with van der Waals surface area (Å²) in [6.07, 6.45) is 3.25. The van der Waals surface area contributed by atoms with Gasteiger partial charge in [-0.2, -0.15) is 5.10 Å². The summed E-state index contributed by atoms with van der Waals surface area (Å²) in [4.78, 5) is 16.9. The van der Waals surface area contributed by atoms with Gasteiger partial charge in [-0.05, 0) is 32.9 Å². The van der Waals surface area contributed by atoms with Crippen LogP contribution in [0.3, 0.4) is 0 Å². The first kappa shape index (κ1) is 16.8. The van der Waals surface area contributed by atoms with Crippen LogP contribution >= 0.6 is 0 Å². The number of fused-ring (bicyclic) bond motifs is 1. The van der Waals surface area contributed by atoms with Crippen molar-refractivity contribution in [2.45, 2.75) is 32.9 Å². The maximum atomic E-state index is 12.4. The van der Waals surface area contributed by atoms with Crippen LogP contribution in [0.15, 0.2) is 42.7 Å². The van der Waals surface area contributed by atoms with E-state index < -0.39 is 0 Å². The van der Waals surface area contributed by atoms with Crippen LogP contribution < -0.4 is 10.6 Å². The molecule has 0 aliphatic rings. The Bertz CT molecular complexity index is 911. The molecular weight excluding hydrogens is 318 g/mol. The van der Waals surface area contributed by atoms with Crippen LogP contribution in [0, 0.1) is 0 Å². The number of amides is 1. The van der Waals surface area contributed by atoms with Crippen molar-refractivity contribution in [3.05, 3.63) is 53.9 Å². The number of hydrogen-bond acceptors (Lipinski definition) is 5. The van der Waals surface area contributed by atoms with Crippen molar-refractivity contribution in [3.63, 3.8) is 0 Å². The molecule has 130 valence electrons. The second-order valence-corrected chi connectivity index (χ2v) is 6.83. The number of phenolic OH excluding ortho intramolecular Hbond substituents is 1. The van der Waals surface area contributed by atoms with Gasteiger partial charge in [0.15, 0.2) is 5.65 Å². The van der Waals surface area contributed by atoms with Crippen molar-refractivity contribution in [3.8, 4) is 5.75 Å². The fourth-order valence-electron chi connectivity index (χ4n) is 2.38. The summed E-state index contributed by atoms with van der Waals surface area (Å²) in [6.45, 7) is 6.18. The predicted octanol–water partition coefficient (Wildman–Crippen LogP) is 2.58. The summed E-state index contributed by atoms with van der Waals surface area (Å²) >= 11 is 0. The molecule has 25 heavy (non-hydrogen) atoms. The van der Waals surface area contributed by atoms with Gasteiger partial charge in [0.2, 0.25) is 0 Å². The summed E-state index contributed by atoms with van der Waals surface area (Å²) in [5, 5.41) is 20.1. The van der Waals surface area contributed by atoms with E-state index in [4.69, 9.17) is 0 Å². The molecule has 0 fully saturated rings. The third-order valence-electron chi connectivity index (χ3n) is 3.55. The summed E-state index contributed by atoms with van der Waals surface area (Å²) in [6, 6.07) is 8.88. The standard InChI is InChI=1S/C18H21N5O2/c1-18(2,3)22-17(25)13-11-20-23-9-8-15(21-16(13)23)19-10-12-6-4-5-7-14(12)24/h4-9,11,24H,10H2,1-3H3,(H,19,21)(H,22,25). The predicted molar refractivity (Wildman–Crippen MR) is 95.6 cm³/mol. The third-order valence-corrected chi connectivity index (χ3v) is 3.55. The van der Waals surface area contributed by atoms with Crippen LogP contribution in [-0.2, 0) is 6.54 Å². The molecule has 3 rings (SSSR count). The van der Waals surface area contributed by atoms with Gasteiger partial charge in [0, 0.05) is 23.8 Å². The SMILES string of the molecule is CC(C)(C)NC(=O)c1cnn2ccc(NCc3ccccc3O)nc12. The minimum Gasteiger partial charge on any atom is -0.508 e. The van der Waals surface area contributed by atoms with Gasteiger partial charge < -0.3 is 15.7 Å². The van der Waals surface area contributed by atoms with Gasteiger partial charge >= 0.3 is 0 Å². The lowest BCUT2D eigenvalue weighted by Gasteiger charge is -2.19. The van der Waals surface area contributed by atoms with Crippen molar-refractivity contribution in [1.29, 1.82) is 0 Å². The van der Waals surface area contributed by atoms with E-state index in [-0.39, 0.29) is 17.2 Å². The minimum absolute atomic E-state index is 0.215. The lowest BCUT2D eigenvalue weighted by molar-refractivity contribution is 0.0921. The monoisotopic (exact) mass is 339 g/mol. The van der Waals surface area contributed by atoms with E-state index in [1.165, 1.54) is 6.20 Å². The van der Waals surface area contributed by atoms with E-state index in [1.54, 1.807) is 28.9 Å². The van der Waals surface area contributed by atoms with Gasteiger partial charge in [-0.15, -0.1) is 0 Å². The summed E-state index contributed by atoms with van der Waals surface area (Å²) < 4.78 is 1.56. The number of para-hydroxylation sites is 1. The van der Waals surface area contributed by atoms with Gasteiger partial charge in [-0.25, -0.2) is 9.50 Å². The normalized spacial score (nSPS) is 11.5. The number of phenols is 1. The maximum absolute atomic E-state index is 12.4. The smallest absolute Gasteiger partial charge is 0.257 e. The molecule has 3 N–H and O–H groups in total. The van der Waals surface area contributed by atoms with Crippen LogP contribution in [0.2, 0.25) is 0 Å². The van der Waals surface area contributed by atoms with Crippen molar-refractivity contribution in [2.75, 3.05) is 5.32 Å². The average molecular weight is 339 g/mol. The molecule has 0 saturated carbocycles. The lowest BCUT2D eigenvalue weighted by atomic mass is 10.1. The molecule has 7 nitrogen and oxygen atoms in total. The zero-order valence-corrected chi connectivity index (χ0v) is 14.4. The Morgan fingerprint density at radius 1 is 1.24 bits per heavy atom. The Hall–Kier alpha value is -3.09. The van der Waals surface area contributed by atoms with E-state index >= 15 is 0 Å². The fourth-order valence-corrected chi connectivity index (χ4v) is 2.38. The topological polar surface area (TPSA) is 91.6 Å². The Kier molecular flexibility index (Phi) is 4.31. The third kappa shape index (κ3) is 3.88. The highest BCUT2D eigenvalue weighted by atomic mass is 16.3. The first-order chi connectivity index (χ1) is 11.8. The Labute approximate surface area is 145 Å². The Morgan fingerprint density at radius 2 is 2.00 bits per heavy atom. The van der Waals surface area contributed by atoms with E-state index in [9.17, 15) is 9.90 Å².